The number of amides is 1. The third-order valence-electron chi connectivity index (χ3n) is 3.19. The highest BCUT2D eigenvalue weighted by Gasteiger charge is 2.28. The molecule has 1 aromatic heterocycles. The van der Waals surface area contributed by atoms with Crippen molar-refractivity contribution in [2.24, 2.45) is 0 Å². The normalized spacial score (nSPS) is 19.9. The largest absolute Gasteiger partial charge is 0.328 e. The van der Waals surface area contributed by atoms with Crippen molar-refractivity contribution >= 4 is 17.7 Å². The second-order valence-corrected chi connectivity index (χ2v) is 5.82. The van der Waals surface area contributed by atoms with Gasteiger partial charge in [0.2, 0.25) is 0 Å². The van der Waals surface area contributed by atoms with Crippen LogP contribution in [-0.2, 0) is 0 Å². The summed E-state index contributed by atoms with van der Waals surface area (Å²) in [7, 11) is 0. The highest BCUT2D eigenvalue weighted by atomic mass is 32.2. The van der Waals surface area contributed by atoms with Gasteiger partial charge in [0.05, 0.1) is 5.88 Å². The summed E-state index contributed by atoms with van der Waals surface area (Å²) in [4.78, 5) is 32.6. The fraction of sp³-hybridized carbons (Fsp3) is 0.583. The molecular weight excluding hydrogens is 250 g/mol. The third-order valence-corrected chi connectivity index (χ3v) is 4.27. The second-order valence-electron chi connectivity index (χ2n) is 4.75. The van der Waals surface area contributed by atoms with E-state index in [1.165, 1.54) is 6.07 Å². The number of H-pyrrole nitrogens is 1. The molecule has 18 heavy (non-hydrogen) atoms. The minimum Gasteiger partial charge on any atom is -0.328 e. The fourth-order valence-corrected chi connectivity index (χ4v) is 2.98. The summed E-state index contributed by atoms with van der Waals surface area (Å²) in [5, 5.41) is 0. The Labute approximate surface area is 109 Å². The predicted molar refractivity (Wildman–Crippen MR) is 69.8 cm³/mol. The first-order valence-corrected chi connectivity index (χ1v) is 7.38. The molecule has 96 valence electrons. The van der Waals surface area contributed by atoms with Gasteiger partial charge < -0.3 is 9.88 Å². The number of carbonyl (C=O) groups is 1. The Hall–Kier alpha value is -1.30. The van der Waals surface area contributed by atoms with Crippen LogP contribution in [0.4, 0.5) is 0 Å². The Bertz CT molecular complexity index is 518. The number of nitrogens with zero attached hydrogens (tertiary/aromatic N) is 2. The molecule has 1 aromatic rings. The lowest BCUT2D eigenvalue weighted by Gasteiger charge is -2.25. The maximum absolute atomic E-state index is 12.2. The van der Waals surface area contributed by atoms with Gasteiger partial charge in [0, 0.05) is 18.5 Å². The quantitative estimate of drug-likeness (QED) is 0.872. The SMILES string of the molecule is O=C(c1cc(=O)[nH]c(C2CC2)n1)N1CCCSC1. The van der Waals surface area contributed by atoms with Crippen molar-refractivity contribution in [3.05, 3.63) is 27.9 Å². The summed E-state index contributed by atoms with van der Waals surface area (Å²) >= 11 is 1.74. The lowest BCUT2D eigenvalue weighted by atomic mass is 10.3. The number of thioether (sulfide) groups is 1. The molecule has 0 spiro atoms. The molecule has 1 N–H and O–H groups in total. The van der Waals surface area contributed by atoms with Crippen LogP contribution in [0.2, 0.25) is 0 Å². The van der Waals surface area contributed by atoms with E-state index in [4.69, 9.17) is 0 Å². The molecule has 2 heterocycles. The Balaban J connectivity index is 1.85. The zero-order valence-electron chi connectivity index (χ0n) is 10.0. The minimum atomic E-state index is -0.222. The smallest absolute Gasteiger partial charge is 0.273 e. The lowest BCUT2D eigenvalue weighted by molar-refractivity contribution is 0.0776. The van der Waals surface area contributed by atoms with E-state index in [2.05, 4.69) is 9.97 Å². The molecule has 0 radical (unpaired) electrons. The summed E-state index contributed by atoms with van der Waals surface area (Å²) in [5.74, 6) is 2.71. The molecule has 0 aromatic carbocycles. The predicted octanol–water partition coefficient (Wildman–Crippen LogP) is 1.18. The van der Waals surface area contributed by atoms with E-state index in [0.29, 0.717) is 23.3 Å². The average molecular weight is 265 g/mol. The van der Waals surface area contributed by atoms with Crippen LogP contribution in [0, 0.1) is 0 Å². The van der Waals surface area contributed by atoms with Crippen molar-refractivity contribution in [2.75, 3.05) is 18.2 Å². The van der Waals surface area contributed by atoms with Crippen molar-refractivity contribution in [1.82, 2.24) is 14.9 Å². The van der Waals surface area contributed by atoms with Crippen LogP contribution in [0.3, 0.4) is 0 Å². The van der Waals surface area contributed by atoms with Gasteiger partial charge in [-0.25, -0.2) is 4.98 Å². The number of aromatic nitrogens is 2. The van der Waals surface area contributed by atoms with Gasteiger partial charge in [-0.3, -0.25) is 9.59 Å². The summed E-state index contributed by atoms with van der Waals surface area (Å²) in [5.41, 5.74) is 0.0723. The van der Waals surface area contributed by atoms with E-state index in [9.17, 15) is 9.59 Å². The van der Waals surface area contributed by atoms with Crippen LogP contribution in [0.5, 0.6) is 0 Å². The molecule has 2 fully saturated rings. The highest BCUT2D eigenvalue weighted by molar-refractivity contribution is 7.99. The summed E-state index contributed by atoms with van der Waals surface area (Å²) in [6.45, 7) is 0.763. The van der Waals surface area contributed by atoms with Crippen LogP contribution >= 0.6 is 11.8 Å². The lowest BCUT2D eigenvalue weighted by Crippen LogP contribution is -2.36. The standard InChI is InChI=1S/C12H15N3O2S/c16-10-6-9(13-11(14-10)8-2-3-8)12(17)15-4-1-5-18-7-15/h6,8H,1-5,7H2,(H,13,14,16). The zero-order chi connectivity index (χ0) is 12.5. The van der Waals surface area contributed by atoms with E-state index < -0.39 is 0 Å². The molecule has 6 heteroatoms. The summed E-state index contributed by atoms with van der Waals surface area (Å²) < 4.78 is 0. The summed E-state index contributed by atoms with van der Waals surface area (Å²) in [6, 6.07) is 1.31. The van der Waals surface area contributed by atoms with Crippen LogP contribution in [0.25, 0.3) is 0 Å². The van der Waals surface area contributed by atoms with E-state index in [0.717, 1.165) is 31.6 Å². The molecule has 0 unspecified atom stereocenters. The Kier molecular flexibility index (Phi) is 3.11. The van der Waals surface area contributed by atoms with Gasteiger partial charge in [0.1, 0.15) is 11.5 Å². The van der Waals surface area contributed by atoms with E-state index in [-0.39, 0.29) is 11.5 Å². The molecule has 0 atom stereocenters. The van der Waals surface area contributed by atoms with Crippen molar-refractivity contribution in [3.63, 3.8) is 0 Å². The maximum Gasteiger partial charge on any atom is 0.273 e. The first-order chi connectivity index (χ1) is 8.74. The first-order valence-electron chi connectivity index (χ1n) is 6.22. The van der Waals surface area contributed by atoms with Gasteiger partial charge in [-0.15, -0.1) is 11.8 Å². The van der Waals surface area contributed by atoms with Crippen molar-refractivity contribution < 1.29 is 4.79 Å². The van der Waals surface area contributed by atoms with Crippen molar-refractivity contribution in [1.29, 1.82) is 0 Å². The molecular formula is C12H15N3O2S. The molecule has 1 amide bonds. The molecule has 1 saturated heterocycles. The number of nitrogens with one attached hydrogen (secondary N) is 1. The van der Waals surface area contributed by atoms with E-state index in [1.807, 2.05) is 0 Å². The molecule has 5 nitrogen and oxygen atoms in total. The molecule has 3 rings (SSSR count). The number of carbonyl (C=O) groups excluding carboxylic acids is 1. The number of aromatic amines is 1. The minimum absolute atomic E-state index is 0.116. The third kappa shape index (κ3) is 2.43. The van der Waals surface area contributed by atoms with Gasteiger partial charge in [-0.05, 0) is 25.0 Å². The van der Waals surface area contributed by atoms with Crippen LogP contribution in [-0.4, -0.2) is 38.9 Å². The molecule has 0 bridgehead atoms. The monoisotopic (exact) mass is 265 g/mol. The molecule has 1 saturated carbocycles. The van der Waals surface area contributed by atoms with E-state index in [1.54, 1.807) is 16.7 Å². The number of hydrogen-bond acceptors (Lipinski definition) is 4. The molecule has 1 aliphatic heterocycles. The van der Waals surface area contributed by atoms with Gasteiger partial charge in [-0.1, -0.05) is 0 Å². The topological polar surface area (TPSA) is 66.1 Å². The van der Waals surface area contributed by atoms with Crippen molar-refractivity contribution in [3.8, 4) is 0 Å². The Morgan fingerprint density at radius 2 is 2.33 bits per heavy atom. The fourth-order valence-electron chi connectivity index (χ4n) is 2.06. The van der Waals surface area contributed by atoms with Gasteiger partial charge in [0.25, 0.3) is 11.5 Å². The zero-order valence-corrected chi connectivity index (χ0v) is 10.8. The van der Waals surface area contributed by atoms with Gasteiger partial charge in [0.15, 0.2) is 0 Å². The first kappa shape index (κ1) is 11.8. The second kappa shape index (κ2) is 4.76. The van der Waals surface area contributed by atoms with Crippen molar-refractivity contribution in [2.45, 2.75) is 25.2 Å². The highest BCUT2D eigenvalue weighted by Crippen LogP contribution is 2.37. The van der Waals surface area contributed by atoms with Gasteiger partial charge in [-0.2, -0.15) is 0 Å². The maximum atomic E-state index is 12.2. The van der Waals surface area contributed by atoms with Crippen LogP contribution < -0.4 is 5.56 Å². The molecule has 2 aliphatic rings. The summed E-state index contributed by atoms with van der Waals surface area (Å²) in [6.07, 6.45) is 3.12. The Morgan fingerprint density at radius 1 is 1.50 bits per heavy atom. The van der Waals surface area contributed by atoms with E-state index >= 15 is 0 Å². The number of rotatable bonds is 2. The Morgan fingerprint density at radius 3 is 3.00 bits per heavy atom. The average Bonchev–Trinajstić information content (AvgIpc) is 3.22. The molecule has 1 aliphatic carbocycles. The van der Waals surface area contributed by atoms with Gasteiger partial charge >= 0.3 is 0 Å². The van der Waals surface area contributed by atoms with Crippen LogP contribution in [0.15, 0.2) is 10.9 Å². The number of hydrogen-bond donors (Lipinski definition) is 1. The van der Waals surface area contributed by atoms with Crippen LogP contribution in [0.1, 0.15) is 41.5 Å².